The number of aromatic nitrogens is 1. The zero-order chi connectivity index (χ0) is 16.8. The number of nitrogens with one attached hydrogen (secondary N) is 1. The fourth-order valence-corrected chi connectivity index (χ4v) is 2.54. The molecule has 0 bridgehead atoms. The van der Waals surface area contributed by atoms with Crippen molar-refractivity contribution in [3.63, 3.8) is 0 Å². The molecule has 3 aromatic rings. The Morgan fingerprint density at radius 1 is 1.04 bits per heavy atom. The molecule has 1 aromatic heterocycles. The molecule has 0 spiro atoms. The molecule has 0 radical (unpaired) electrons. The van der Waals surface area contributed by atoms with E-state index in [4.69, 9.17) is 22.2 Å². The maximum atomic E-state index is 5.94. The summed E-state index contributed by atoms with van der Waals surface area (Å²) >= 11 is 5.94. The minimum atomic E-state index is 0.427. The lowest BCUT2D eigenvalue weighted by atomic mass is 10.0. The molecule has 122 valence electrons. The summed E-state index contributed by atoms with van der Waals surface area (Å²) in [6.07, 6.45) is 2.49. The summed E-state index contributed by atoms with van der Waals surface area (Å²) in [4.78, 5) is 4.26. The lowest BCUT2D eigenvalue weighted by molar-refractivity contribution is 0.301. The van der Waals surface area contributed by atoms with Crippen LogP contribution in [0.5, 0.6) is 5.75 Å². The first kappa shape index (κ1) is 16.3. The van der Waals surface area contributed by atoms with Gasteiger partial charge in [0.15, 0.2) is 0 Å². The van der Waals surface area contributed by atoms with Crippen LogP contribution in [0, 0.1) is 0 Å². The average Bonchev–Trinajstić information content (AvgIpc) is 2.63. The highest BCUT2D eigenvalue weighted by atomic mass is 35.5. The van der Waals surface area contributed by atoms with Crippen molar-refractivity contribution in [1.82, 2.24) is 4.98 Å². The quantitative estimate of drug-likeness (QED) is 0.522. The Kier molecular flexibility index (Phi) is 5.31. The predicted octanol–water partition coefficient (Wildman–Crippen LogP) is 4.19. The van der Waals surface area contributed by atoms with E-state index in [0.717, 1.165) is 39.7 Å². The Morgan fingerprint density at radius 3 is 2.58 bits per heavy atom. The molecule has 4 nitrogen and oxygen atoms in total. The smallest absolute Gasteiger partial charge is 0.130 e. The Labute approximate surface area is 146 Å². The highest BCUT2D eigenvalue weighted by Crippen LogP contribution is 2.25. The third kappa shape index (κ3) is 4.25. The predicted molar refractivity (Wildman–Crippen MR) is 97.1 cm³/mol. The van der Waals surface area contributed by atoms with E-state index in [1.165, 1.54) is 0 Å². The van der Waals surface area contributed by atoms with E-state index in [-0.39, 0.29) is 0 Å². The van der Waals surface area contributed by atoms with Gasteiger partial charge in [0, 0.05) is 11.2 Å². The van der Waals surface area contributed by atoms with E-state index in [1.54, 1.807) is 6.20 Å². The van der Waals surface area contributed by atoms with Gasteiger partial charge in [0.1, 0.15) is 12.4 Å². The van der Waals surface area contributed by atoms with Crippen molar-refractivity contribution in [3.8, 4) is 5.75 Å². The van der Waals surface area contributed by atoms with Gasteiger partial charge in [0.25, 0.3) is 0 Å². The molecule has 0 saturated carbocycles. The molecule has 2 aromatic carbocycles. The fourth-order valence-electron chi connectivity index (χ4n) is 2.41. The number of nitrogens with zero attached hydrogens (tertiary/aromatic N) is 1. The summed E-state index contributed by atoms with van der Waals surface area (Å²) in [7, 11) is 0. The van der Waals surface area contributed by atoms with Crippen LogP contribution in [0.2, 0.25) is 5.02 Å². The number of halogens is 1. The molecular weight excluding hydrogens is 322 g/mol. The summed E-state index contributed by atoms with van der Waals surface area (Å²) in [5, 5.41) is 0.725. The second-order valence-electron chi connectivity index (χ2n) is 5.38. The Morgan fingerprint density at radius 2 is 1.88 bits per heavy atom. The fraction of sp³-hybridized carbons (Fsp3) is 0.105. The van der Waals surface area contributed by atoms with Crippen LogP contribution in [0.4, 0.5) is 5.69 Å². The maximum Gasteiger partial charge on any atom is 0.130 e. The third-order valence-corrected chi connectivity index (χ3v) is 3.90. The van der Waals surface area contributed by atoms with Crippen LogP contribution in [-0.2, 0) is 13.0 Å². The van der Waals surface area contributed by atoms with Crippen molar-refractivity contribution in [3.05, 3.63) is 88.7 Å². The van der Waals surface area contributed by atoms with Crippen molar-refractivity contribution in [2.75, 3.05) is 5.43 Å². The van der Waals surface area contributed by atoms with Crippen molar-refractivity contribution < 1.29 is 4.74 Å². The largest absolute Gasteiger partial charge is 0.487 e. The first-order valence-corrected chi connectivity index (χ1v) is 7.99. The summed E-state index contributed by atoms with van der Waals surface area (Å²) in [6, 6.07) is 19.3. The van der Waals surface area contributed by atoms with Gasteiger partial charge in [-0.25, -0.2) is 0 Å². The van der Waals surface area contributed by atoms with Crippen LogP contribution in [-0.4, -0.2) is 4.98 Å². The third-order valence-electron chi connectivity index (χ3n) is 3.65. The number of anilines is 1. The van der Waals surface area contributed by atoms with Gasteiger partial charge < -0.3 is 10.2 Å². The monoisotopic (exact) mass is 339 g/mol. The molecule has 0 unspecified atom stereocenters. The molecule has 0 amide bonds. The van der Waals surface area contributed by atoms with Crippen LogP contribution in [0.15, 0.2) is 66.9 Å². The van der Waals surface area contributed by atoms with Crippen LogP contribution >= 0.6 is 11.6 Å². The number of ether oxygens (including phenoxy) is 1. The minimum Gasteiger partial charge on any atom is -0.487 e. The van der Waals surface area contributed by atoms with Gasteiger partial charge in [-0.05, 0) is 60.0 Å². The number of benzene rings is 2. The van der Waals surface area contributed by atoms with Crippen molar-refractivity contribution in [2.45, 2.75) is 13.0 Å². The number of nitrogens with two attached hydrogens (primary N) is 1. The van der Waals surface area contributed by atoms with Crippen molar-refractivity contribution in [1.29, 1.82) is 0 Å². The number of pyridine rings is 1. The lowest BCUT2D eigenvalue weighted by Gasteiger charge is -2.12. The Bertz CT molecular complexity index is 791. The number of nitrogen functional groups attached to an aromatic ring is 1. The van der Waals surface area contributed by atoms with Gasteiger partial charge in [-0.1, -0.05) is 29.8 Å². The number of rotatable bonds is 6. The molecule has 1 heterocycles. The van der Waals surface area contributed by atoms with Crippen LogP contribution in [0.25, 0.3) is 0 Å². The number of hydrogen-bond donors (Lipinski definition) is 2. The van der Waals surface area contributed by atoms with Gasteiger partial charge in [-0.2, -0.15) is 0 Å². The van der Waals surface area contributed by atoms with Crippen molar-refractivity contribution >= 4 is 17.3 Å². The zero-order valence-electron chi connectivity index (χ0n) is 13.1. The van der Waals surface area contributed by atoms with E-state index in [0.29, 0.717) is 6.61 Å². The number of hydrazine groups is 1. The summed E-state index contributed by atoms with van der Waals surface area (Å²) in [6.45, 7) is 0.427. The maximum absolute atomic E-state index is 5.94. The topological polar surface area (TPSA) is 60.2 Å². The molecule has 3 N–H and O–H groups in total. The molecular formula is C19H18ClN3O. The van der Waals surface area contributed by atoms with E-state index in [9.17, 15) is 0 Å². The van der Waals surface area contributed by atoms with E-state index < -0.39 is 0 Å². The second kappa shape index (κ2) is 7.81. The van der Waals surface area contributed by atoms with Crippen LogP contribution < -0.4 is 16.0 Å². The normalized spacial score (nSPS) is 10.4. The summed E-state index contributed by atoms with van der Waals surface area (Å²) in [5.41, 5.74) is 6.70. The Balaban J connectivity index is 1.76. The highest BCUT2D eigenvalue weighted by molar-refractivity contribution is 6.30. The molecule has 0 aliphatic heterocycles. The van der Waals surface area contributed by atoms with Crippen LogP contribution in [0.1, 0.15) is 16.8 Å². The SMILES string of the molecule is NNc1ccc(OCc2ccccn2)cc1Cc1ccc(Cl)cc1. The first-order chi connectivity index (χ1) is 11.7. The second-order valence-corrected chi connectivity index (χ2v) is 5.81. The Hall–Kier alpha value is -2.56. The molecule has 3 rings (SSSR count). The van der Waals surface area contributed by atoms with Gasteiger partial charge in [-0.3, -0.25) is 10.8 Å². The van der Waals surface area contributed by atoms with Gasteiger partial charge in [-0.15, -0.1) is 0 Å². The molecule has 0 aliphatic carbocycles. The van der Waals surface area contributed by atoms with Gasteiger partial charge >= 0.3 is 0 Å². The lowest BCUT2D eigenvalue weighted by Crippen LogP contribution is -2.09. The molecule has 5 heteroatoms. The molecule has 0 aliphatic rings. The molecule has 24 heavy (non-hydrogen) atoms. The summed E-state index contributed by atoms with van der Waals surface area (Å²) in [5.74, 6) is 6.40. The van der Waals surface area contributed by atoms with E-state index in [2.05, 4.69) is 10.4 Å². The minimum absolute atomic E-state index is 0.427. The van der Waals surface area contributed by atoms with Crippen molar-refractivity contribution in [2.24, 2.45) is 5.84 Å². The van der Waals surface area contributed by atoms with Gasteiger partial charge in [0.2, 0.25) is 0 Å². The van der Waals surface area contributed by atoms with E-state index in [1.807, 2.05) is 60.7 Å². The molecule has 0 saturated heterocycles. The van der Waals surface area contributed by atoms with Gasteiger partial charge in [0.05, 0.1) is 11.4 Å². The standard InChI is InChI=1S/C19H18ClN3O/c20-16-6-4-14(5-7-16)11-15-12-18(8-9-19(15)23-21)24-13-17-3-1-2-10-22-17/h1-10,12,23H,11,13,21H2. The van der Waals surface area contributed by atoms with Crippen LogP contribution in [0.3, 0.4) is 0 Å². The van der Waals surface area contributed by atoms with E-state index >= 15 is 0 Å². The first-order valence-electron chi connectivity index (χ1n) is 7.61. The number of hydrogen-bond acceptors (Lipinski definition) is 4. The summed E-state index contributed by atoms with van der Waals surface area (Å²) < 4.78 is 5.84. The highest BCUT2D eigenvalue weighted by Gasteiger charge is 2.06. The zero-order valence-corrected chi connectivity index (χ0v) is 13.8. The molecule has 0 atom stereocenters. The average molecular weight is 340 g/mol. The molecule has 0 fully saturated rings.